The minimum atomic E-state index is -5.27. The molecule has 0 aromatic heterocycles. The van der Waals surface area contributed by atoms with Gasteiger partial charge in [0.2, 0.25) is 0 Å². The monoisotopic (exact) mass is 209 g/mol. The van der Waals surface area contributed by atoms with E-state index in [9.17, 15) is 12.6 Å². The smallest absolute Gasteiger partial charge is 0.309 e. The highest BCUT2D eigenvalue weighted by Gasteiger charge is 2.21. The molecule has 0 aliphatic carbocycles. The quantitative estimate of drug-likeness (QED) is 0.699. The first kappa shape index (κ1) is 11.2. The number of hydrogen-bond acceptors (Lipinski definition) is 2. The molecule has 1 atom stereocenters. The molecule has 0 amide bonds. The Kier molecular flexibility index (Phi) is 3.77. The Balaban J connectivity index is 4.53. The minimum absolute atomic E-state index is 0.135. The highest BCUT2D eigenvalue weighted by Crippen LogP contribution is 2.62. The molecule has 11 heavy (non-hydrogen) atoms. The van der Waals surface area contributed by atoms with E-state index in [1.165, 1.54) is 6.92 Å². The largest absolute Gasteiger partial charge is 0.413 e. The third-order valence-electron chi connectivity index (χ3n) is 0.544. The number of nitrogens with one attached hydrogen (secondary N) is 1. The SMILES string of the molecule is CCOP(N)(F)=NP(=N)(F)F. The third kappa shape index (κ3) is 6.56. The van der Waals surface area contributed by atoms with Crippen LogP contribution < -0.4 is 5.50 Å². The average Bonchev–Trinajstić information content (AvgIpc) is 1.55. The van der Waals surface area contributed by atoms with Crippen LogP contribution in [0, 0.1) is 5.16 Å². The van der Waals surface area contributed by atoms with Crippen LogP contribution in [0.1, 0.15) is 6.92 Å². The summed E-state index contributed by atoms with van der Waals surface area (Å²) in [5, 5.41) is 6.00. The van der Waals surface area contributed by atoms with Gasteiger partial charge in [-0.2, -0.15) is 4.20 Å². The van der Waals surface area contributed by atoms with Crippen molar-refractivity contribution < 1.29 is 17.1 Å². The lowest BCUT2D eigenvalue weighted by Gasteiger charge is -2.07. The van der Waals surface area contributed by atoms with E-state index in [0.29, 0.717) is 0 Å². The van der Waals surface area contributed by atoms with Crippen LogP contribution in [-0.4, -0.2) is 6.61 Å². The van der Waals surface area contributed by atoms with Gasteiger partial charge in [-0.25, -0.2) is 10.7 Å². The molecule has 0 bridgehead atoms. The summed E-state index contributed by atoms with van der Waals surface area (Å²) < 4.78 is 42.3. The van der Waals surface area contributed by atoms with Gasteiger partial charge in [-0.05, 0) is 6.92 Å². The number of halogens is 3. The van der Waals surface area contributed by atoms with Crippen LogP contribution in [0.2, 0.25) is 0 Å². The first-order valence-electron chi connectivity index (χ1n) is 2.57. The molecule has 0 aromatic rings. The van der Waals surface area contributed by atoms with Crippen LogP contribution in [0.3, 0.4) is 0 Å². The number of hydrogen-bond donors (Lipinski definition) is 2. The highest BCUT2D eigenvalue weighted by molar-refractivity contribution is 7.65. The van der Waals surface area contributed by atoms with Crippen LogP contribution in [0.4, 0.5) is 12.6 Å². The topological polar surface area (TPSA) is 71.5 Å². The van der Waals surface area contributed by atoms with E-state index in [1.54, 1.807) is 0 Å². The van der Waals surface area contributed by atoms with Gasteiger partial charge < -0.3 is 4.52 Å². The van der Waals surface area contributed by atoms with Gasteiger partial charge in [0.25, 0.3) is 0 Å². The van der Waals surface area contributed by atoms with Crippen molar-refractivity contribution >= 4 is 15.6 Å². The van der Waals surface area contributed by atoms with Gasteiger partial charge >= 0.3 is 15.6 Å². The average molecular weight is 209 g/mol. The standard InChI is InChI=1S/C2H8F3N3OP2/c1-2-9-11(5,7)8-10(3,4)6/h6H,2,7H2,1H3. The van der Waals surface area contributed by atoms with Crippen LogP contribution >= 0.6 is 15.6 Å². The maximum atomic E-state index is 12.5. The molecule has 0 aliphatic heterocycles. The van der Waals surface area contributed by atoms with E-state index in [0.717, 1.165) is 0 Å². The molecule has 1 unspecified atom stereocenters. The van der Waals surface area contributed by atoms with Crippen LogP contribution in [-0.2, 0) is 4.52 Å². The summed E-state index contributed by atoms with van der Waals surface area (Å²) in [5.41, 5.74) is 4.60. The maximum absolute atomic E-state index is 12.5. The van der Waals surface area contributed by atoms with Crippen molar-refractivity contribution in [3.8, 4) is 0 Å². The molecule has 9 heteroatoms. The fraction of sp³-hybridized carbons (Fsp3) is 1.00. The van der Waals surface area contributed by atoms with Crippen LogP contribution in [0.25, 0.3) is 0 Å². The Bertz CT molecular complexity index is 219. The third-order valence-corrected chi connectivity index (χ3v) is 3.04. The van der Waals surface area contributed by atoms with Gasteiger partial charge in [0.1, 0.15) is 0 Å². The molecule has 0 spiro atoms. The zero-order valence-electron chi connectivity index (χ0n) is 5.67. The van der Waals surface area contributed by atoms with Gasteiger partial charge in [0.05, 0.1) is 6.61 Å². The maximum Gasteiger partial charge on any atom is 0.413 e. The summed E-state index contributed by atoms with van der Waals surface area (Å²) in [6.07, 6.45) is 0. The van der Waals surface area contributed by atoms with Crippen molar-refractivity contribution in [2.75, 3.05) is 6.61 Å². The molecule has 0 heterocycles. The molecule has 0 fully saturated rings. The van der Waals surface area contributed by atoms with E-state index in [4.69, 9.17) is 5.16 Å². The van der Waals surface area contributed by atoms with E-state index in [1.807, 2.05) is 0 Å². The van der Waals surface area contributed by atoms with Gasteiger partial charge in [-0.1, -0.05) is 0 Å². The van der Waals surface area contributed by atoms with Crippen molar-refractivity contribution in [2.45, 2.75) is 6.92 Å². The Morgan fingerprint density at radius 3 is 2.27 bits per heavy atom. The van der Waals surface area contributed by atoms with Gasteiger partial charge in [0.15, 0.2) is 0 Å². The second kappa shape index (κ2) is 3.72. The molecule has 0 saturated heterocycles. The van der Waals surface area contributed by atoms with E-state index < -0.39 is 15.6 Å². The van der Waals surface area contributed by atoms with Crippen molar-refractivity contribution in [3.63, 3.8) is 0 Å². The van der Waals surface area contributed by atoms with Gasteiger partial charge in [0, 0.05) is 0 Å². The summed E-state index contributed by atoms with van der Waals surface area (Å²) >= 11 is 0. The summed E-state index contributed by atoms with van der Waals surface area (Å²) in [4.78, 5) is 0. The second-order valence-corrected chi connectivity index (χ2v) is 4.57. The van der Waals surface area contributed by atoms with Crippen LogP contribution in [0.15, 0.2) is 4.52 Å². The van der Waals surface area contributed by atoms with Gasteiger partial charge in [-0.15, -0.1) is 12.9 Å². The lowest BCUT2D eigenvalue weighted by molar-refractivity contribution is 0.347. The number of rotatable bonds is 3. The first-order valence-corrected chi connectivity index (χ1v) is 5.71. The molecule has 68 valence electrons. The Morgan fingerprint density at radius 2 is 2.00 bits per heavy atom. The van der Waals surface area contributed by atoms with Crippen molar-refractivity contribution in [2.24, 2.45) is 10.0 Å². The Hall–Kier alpha value is 0.170. The summed E-state index contributed by atoms with van der Waals surface area (Å²) in [7, 11) is -9.59. The summed E-state index contributed by atoms with van der Waals surface area (Å²) in [6, 6.07) is 0. The molecule has 0 radical (unpaired) electrons. The van der Waals surface area contributed by atoms with Crippen LogP contribution in [0.5, 0.6) is 0 Å². The normalized spacial score (nSPS) is 17.5. The summed E-state index contributed by atoms with van der Waals surface area (Å²) in [6.45, 7) is 1.27. The van der Waals surface area contributed by atoms with E-state index in [2.05, 4.69) is 14.5 Å². The van der Waals surface area contributed by atoms with Crippen molar-refractivity contribution in [3.05, 3.63) is 0 Å². The van der Waals surface area contributed by atoms with E-state index >= 15 is 0 Å². The second-order valence-electron chi connectivity index (χ2n) is 1.54. The molecular formula is C2H8F3N3OP2. The molecular weight excluding hydrogens is 201 g/mol. The summed E-state index contributed by atoms with van der Waals surface area (Å²) in [5.74, 6) is 0. The molecule has 0 saturated carbocycles. The predicted octanol–water partition coefficient (Wildman–Crippen LogP) is 3.36. The molecule has 0 aliphatic rings. The fourth-order valence-electron chi connectivity index (χ4n) is 0.360. The zero-order valence-corrected chi connectivity index (χ0v) is 7.46. The molecule has 0 rings (SSSR count). The number of nitrogens with two attached hydrogens (primary N) is 1. The first-order chi connectivity index (χ1) is 4.77. The molecule has 3 N–H and O–H groups in total. The minimum Gasteiger partial charge on any atom is -0.309 e. The number of nitrogens with zero attached hydrogens (tertiary/aromatic N) is 1. The molecule has 0 aromatic carbocycles. The highest BCUT2D eigenvalue weighted by atomic mass is 31.3. The zero-order chi connectivity index (χ0) is 9.12. The Labute approximate surface area is 62.4 Å². The van der Waals surface area contributed by atoms with E-state index in [-0.39, 0.29) is 6.61 Å². The molecule has 4 nitrogen and oxygen atoms in total. The Morgan fingerprint density at radius 1 is 1.55 bits per heavy atom. The fourth-order valence-corrected chi connectivity index (χ4v) is 2.15. The lowest BCUT2D eigenvalue weighted by Crippen LogP contribution is -1.93. The van der Waals surface area contributed by atoms with Crippen molar-refractivity contribution in [1.82, 2.24) is 0 Å². The predicted molar refractivity (Wildman–Crippen MR) is 38.1 cm³/mol. The lowest BCUT2D eigenvalue weighted by atomic mass is 10.9. The van der Waals surface area contributed by atoms with Gasteiger partial charge in [-0.3, -0.25) is 0 Å². The van der Waals surface area contributed by atoms with Crippen molar-refractivity contribution in [1.29, 1.82) is 5.16 Å².